The molecule has 0 atom stereocenters. The Morgan fingerprint density at radius 2 is 2.24 bits per heavy atom. The quantitative estimate of drug-likeness (QED) is 0.790. The number of H-pyrrole nitrogens is 1. The second-order valence-electron chi connectivity index (χ2n) is 4.54. The van der Waals surface area contributed by atoms with Crippen LogP contribution in [0.15, 0.2) is 18.5 Å². The molecule has 0 spiro atoms. The minimum Gasteiger partial charge on any atom is -0.466 e. The SMILES string of the molecule is CCOC(=O)C1CCC(Nc2cc[nH]c2)CC1. The fraction of sp³-hybridized carbons (Fsp3) is 0.615. The molecule has 1 aromatic rings. The van der Waals surface area contributed by atoms with Crippen molar-refractivity contribution in [3.63, 3.8) is 0 Å². The Morgan fingerprint density at radius 3 is 2.82 bits per heavy atom. The Balaban J connectivity index is 1.76. The Labute approximate surface area is 102 Å². The zero-order chi connectivity index (χ0) is 12.1. The standard InChI is InChI=1S/C13H20N2O2/c1-2-17-13(16)10-3-5-11(6-4-10)15-12-7-8-14-9-12/h7-11,14-15H,2-6H2,1H3. The van der Waals surface area contributed by atoms with Crippen molar-refractivity contribution in [1.29, 1.82) is 0 Å². The molecule has 1 aromatic heterocycles. The lowest BCUT2D eigenvalue weighted by Crippen LogP contribution is -2.30. The number of esters is 1. The molecule has 1 aliphatic carbocycles. The van der Waals surface area contributed by atoms with Gasteiger partial charge in [0.2, 0.25) is 0 Å². The van der Waals surface area contributed by atoms with Crippen LogP contribution in [0.3, 0.4) is 0 Å². The number of carbonyl (C=O) groups excluding carboxylic acids is 1. The zero-order valence-electron chi connectivity index (χ0n) is 10.2. The molecule has 4 heteroatoms. The van der Waals surface area contributed by atoms with Crippen molar-refractivity contribution in [3.8, 4) is 0 Å². The first-order valence-electron chi connectivity index (χ1n) is 6.35. The number of rotatable bonds is 4. The number of hydrogen-bond donors (Lipinski definition) is 2. The smallest absolute Gasteiger partial charge is 0.308 e. The summed E-state index contributed by atoms with van der Waals surface area (Å²) in [6.07, 6.45) is 7.80. The van der Waals surface area contributed by atoms with Gasteiger partial charge in [0.15, 0.2) is 0 Å². The van der Waals surface area contributed by atoms with Crippen LogP contribution < -0.4 is 5.32 Å². The summed E-state index contributed by atoms with van der Waals surface area (Å²) in [6.45, 7) is 2.34. The van der Waals surface area contributed by atoms with Crippen LogP contribution in [0.2, 0.25) is 0 Å². The molecule has 4 nitrogen and oxygen atoms in total. The predicted octanol–water partition coefficient (Wildman–Crippen LogP) is 2.55. The fourth-order valence-electron chi connectivity index (χ4n) is 2.38. The average molecular weight is 236 g/mol. The van der Waals surface area contributed by atoms with Crippen molar-refractivity contribution in [2.24, 2.45) is 5.92 Å². The van der Waals surface area contributed by atoms with E-state index in [9.17, 15) is 4.79 Å². The average Bonchev–Trinajstić information content (AvgIpc) is 2.83. The summed E-state index contributed by atoms with van der Waals surface area (Å²) in [7, 11) is 0. The van der Waals surface area contributed by atoms with Gasteiger partial charge in [0.25, 0.3) is 0 Å². The van der Waals surface area contributed by atoms with E-state index >= 15 is 0 Å². The Morgan fingerprint density at radius 1 is 1.47 bits per heavy atom. The third kappa shape index (κ3) is 3.25. The first-order chi connectivity index (χ1) is 8.29. The minimum absolute atomic E-state index is 0.0207. The Bertz CT molecular complexity index is 340. The molecule has 94 valence electrons. The van der Waals surface area contributed by atoms with Crippen LogP contribution in [0.1, 0.15) is 32.6 Å². The fourth-order valence-corrected chi connectivity index (χ4v) is 2.38. The van der Waals surface area contributed by atoms with E-state index < -0.39 is 0 Å². The van der Waals surface area contributed by atoms with Crippen molar-refractivity contribution in [1.82, 2.24) is 4.98 Å². The van der Waals surface area contributed by atoms with Crippen LogP contribution in [-0.2, 0) is 9.53 Å². The van der Waals surface area contributed by atoms with E-state index in [4.69, 9.17) is 4.74 Å². The Hall–Kier alpha value is -1.45. The number of aromatic nitrogens is 1. The number of nitrogens with one attached hydrogen (secondary N) is 2. The van der Waals surface area contributed by atoms with Gasteiger partial charge in [-0.2, -0.15) is 0 Å². The lowest BCUT2D eigenvalue weighted by Gasteiger charge is -2.28. The number of carbonyl (C=O) groups is 1. The molecule has 0 radical (unpaired) electrons. The number of aromatic amines is 1. The van der Waals surface area contributed by atoms with Crippen molar-refractivity contribution >= 4 is 11.7 Å². The summed E-state index contributed by atoms with van der Waals surface area (Å²) in [5, 5.41) is 3.47. The molecule has 2 rings (SSSR count). The van der Waals surface area contributed by atoms with Crippen LogP contribution in [0, 0.1) is 5.92 Å². The number of anilines is 1. The highest BCUT2D eigenvalue weighted by atomic mass is 16.5. The topological polar surface area (TPSA) is 54.1 Å². The maximum absolute atomic E-state index is 11.6. The van der Waals surface area contributed by atoms with Gasteiger partial charge in [-0.1, -0.05) is 0 Å². The summed E-state index contributed by atoms with van der Waals surface area (Å²) in [5.74, 6) is 0.0896. The van der Waals surface area contributed by atoms with Crippen molar-refractivity contribution in [2.75, 3.05) is 11.9 Å². The molecule has 17 heavy (non-hydrogen) atoms. The normalized spacial score (nSPS) is 24.3. The van der Waals surface area contributed by atoms with Gasteiger partial charge >= 0.3 is 5.97 Å². The van der Waals surface area contributed by atoms with Gasteiger partial charge in [-0.05, 0) is 38.7 Å². The largest absolute Gasteiger partial charge is 0.466 e. The molecular formula is C13H20N2O2. The third-order valence-corrected chi connectivity index (χ3v) is 3.32. The second-order valence-corrected chi connectivity index (χ2v) is 4.54. The predicted molar refractivity (Wildman–Crippen MR) is 66.8 cm³/mol. The van der Waals surface area contributed by atoms with Gasteiger partial charge in [0.05, 0.1) is 18.2 Å². The monoisotopic (exact) mass is 236 g/mol. The molecule has 0 saturated heterocycles. The third-order valence-electron chi connectivity index (χ3n) is 3.32. The van der Waals surface area contributed by atoms with Crippen molar-refractivity contribution in [2.45, 2.75) is 38.6 Å². The van der Waals surface area contributed by atoms with E-state index in [0.717, 1.165) is 31.4 Å². The first-order valence-corrected chi connectivity index (χ1v) is 6.35. The molecule has 1 fully saturated rings. The minimum atomic E-state index is -0.0207. The van der Waals surface area contributed by atoms with Gasteiger partial charge in [-0.15, -0.1) is 0 Å². The highest BCUT2D eigenvalue weighted by Gasteiger charge is 2.27. The first kappa shape index (κ1) is 12.0. The van der Waals surface area contributed by atoms with Crippen LogP contribution in [0.25, 0.3) is 0 Å². The molecule has 1 aliphatic rings. The van der Waals surface area contributed by atoms with Gasteiger partial charge in [0, 0.05) is 18.4 Å². The molecule has 0 amide bonds. The number of ether oxygens (including phenoxy) is 1. The number of hydrogen-bond acceptors (Lipinski definition) is 3. The van der Waals surface area contributed by atoms with E-state index in [-0.39, 0.29) is 11.9 Å². The van der Waals surface area contributed by atoms with Crippen LogP contribution in [0.4, 0.5) is 5.69 Å². The van der Waals surface area contributed by atoms with Gasteiger partial charge in [-0.3, -0.25) is 4.79 Å². The van der Waals surface area contributed by atoms with Crippen LogP contribution >= 0.6 is 0 Å². The molecule has 0 unspecified atom stereocenters. The van der Waals surface area contributed by atoms with E-state index in [0.29, 0.717) is 12.6 Å². The maximum Gasteiger partial charge on any atom is 0.308 e. The summed E-state index contributed by atoms with van der Waals surface area (Å²) in [5.41, 5.74) is 1.13. The van der Waals surface area contributed by atoms with Crippen molar-refractivity contribution in [3.05, 3.63) is 18.5 Å². The molecular weight excluding hydrogens is 216 g/mol. The summed E-state index contributed by atoms with van der Waals surface area (Å²) < 4.78 is 5.06. The van der Waals surface area contributed by atoms with E-state index in [1.54, 1.807) is 0 Å². The highest BCUT2D eigenvalue weighted by molar-refractivity contribution is 5.72. The van der Waals surface area contributed by atoms with Crippen molar-refractivity contribution < 1.29 is 9.53 Å². The molecule has 2 N–H and O–H groups in total. The zero-order valence-corrected chi connectivity index (χ0v) is 10.2. The molecule has 1 saturated carbocycles. The lowest BCUT2D eigenvalue weighted by molar-refractivity contribution is -0.149. The van der Waals surface area contributed by atoms with E-state index in [1.807, 2.05) is 25.4 Å². The van der Waals surface area contributed by atoms with Crippen LogP contribution in [0.5, 0.6) is 0 Å². The molecule has 0 aliphatic heterocycles. The summed E-state index contributed by atoms with van der Waals surface area (Å²) >= 11 is 0. The van der Waals surface area contributed by atoms with E-state index in [1.165, 1.54) is 0 Å². The van der Waals surface area contributed by atoms with Gasteiger partial charge < -0.3 is 15.0 Å². The highest BCUT2D eigenvalue weighted by Crippen LogP contribution is 2.27. The molecule has 0 aromatic carbocycles. The molecule has 1 heterocycles. The second kappa shape index (κ2) is 5.75. The summed E-state index contributed by atoms with van der Waals surface area (Å²) in [4.78, 5) is 14.6. The summed E-state index contributed by atoms with van der Waals surface area (Å²) in [6, 6.07) is 2.51. The van der Waals surface area contributed by atoms with Crippen LogP contribution in [-0.4, -0.2) is 23.6 Å². The Kier molecular flexibility index (Phi) is 4.07. The van der Waals surface area contributed by atoms with E-state index in [2.05, 4.69) is 10.3 Å². The lowest BCUT2D eigenvalue weighted by atomic mass is 9.86. The van der Waals surface area contributed by atoms with Gasteiger partial charge in [-0.25, -0.2) is 0 Å². The van der Waals surface area contributed by atoms with Gasteiger partial charge in [0.1, 0.15) is 0 Å². The molecule has 0 bridgehead atoms. The maximum atomic E-state index is 11.6.